The summed E-state index contributed by atoms with van der Waals surface area (Å²) in [5.41, 5.74) is 6.53. The minimum Gasteiger partial charge on any atom is -0.353 e. The standard InChI is InChI=1S/C12H19N3O/c1-15-8-4-5-10(15)9-14-11(16)12(13)6-2-3-7-12/h4-5,8H,2-3,6-7,9,13H2,1H3,(H,14,16). The zero-order chi connectivity index (χ0) is 11.6. The Hall–Kier alpha value is -1.29. The van der Waals surface area contributed by atoms with Gasteiger partial charge in [-0.1, -0.05) is 12.8 Å². The molecule has 0 bridgehead atoms. The molecule has 1 heterocycles. The van der Waals surface area contributed by atoms with E-state index in [-0.39, 0.29) is 5.91 Å². The topological polar surface area (TPSA) is 60.0 Å². The number of hydrogen-bond donors (Lipinski definition) is 2. The zero-order valence-corrected chi connectivity index (χ0v) is 9.70. The van der Waals surface area contributed by atoms with Gasteiger partial charge in [0.25, 0.3) is 0 Å². The van der Waals surface area contributed by atoms with Crippen molar-refractivity contribution < 1.29 is 4.79 Å². The normalized spacial score (nSPS) is 18.6. The molecule has 1 amide bonds. The molecule has 0 saturated heterocycles. The fourth-order valence-electron chi connectivity index (χ4n) is 2.26. The Morgan fingerprint density at radius 2 is 2.25 bits per heavy atom. The summed E-state index contributed by atoms with van der Waals surface area (Å²) in [4.78, 5) is 11.9. The highest BCUT2D eigenvalue weighted by Gasteiger charge is 2.36. The van der Waals surface area contributed by atoms with Crippen molar-refractivity contribution in [3.63, 3.8) is 0 Å². The van der Waals surface area contributed by atoms with E-state index in [9.17, 15) is 4.79 Å². The first-order valence-corrected chi connectivity index (χ1v) is 5.79. The van der Waals surface area contributed by atoms with Crippen LogP contribution in [0.15, 0.2) is 18.3 Å². The van der Waals surface area contributed by atoms with Crippen LogP contribution in [0.25, 0.3) is 0 Å². The number of aryl methyl sites for hydroxylation is 1. The average Bonchev–Trinajstić information content (AvgIpc) is 2.85. The van der Waals surface area contributed by atoms with Crippen molar-refractivity contribution in [3.05, 3.63) is 24.0 Å². The highest BCUT2D eigenvalue weighted by molar-refractivity contribution is 5.86. The van der Waals surface area contributed by atoms with Crippen LogP contribution in [0.4, 0.5) is 0 Å². The van der Waals surface area contributed by atoms with Crippen LogP contribution in [0.2, 0.25) is 0 Å². The molecule has 1 saturated carbocycles. The number of hydrogen-bond acceptors (Lipinski definition) is 2. The van der Waals surface area contributed by atoms with E-state index in [4.69, 9.17) is 5.73 Å². The molecular weight excluding hydrogens is 202 g/mol. The molecule has 0 spiro atoms. The molecule has 0 atom stereocenters. The number of nitrogens with two attached hydrogens (primary N) is 1. The lowest BCUT2D eigenvalue weighted by Gasteiger charge is -2.22. The van der Waals surface area contributed by atoms with Gasteiger partial charge in [0.2, 0.25) is 5.91 Å². The van der Waals surface area contributed by atoms with Crippen molar-refractivity contribution in [3.8, 4) is 0 Å². The number of carbonyl (C=O) groups excluding carboxylic acids is 1. The van der Waals surface area contributed by atoms with Gasteiger partial charge in [0.15, 0.2) is 0 Å². The van der Waals surface area contributed by atoms with Crippen LogP contribution in [0, 0.1) is 0 Å². The van der Waals surface area contributed by atoms with Gasteiger partial charge in [-0.2, -0.15) is 0 Å². The number of carbonyl (C=O) groups is 1. The molecule has 4 nitrogen and oxygen atoms in total. The summed E-state index contributed by atoms with van der Waals surface area (Å²) in [6.07, 6.45) is 5.72. The van der Waals surface area contributed by atoms with E-state index in [0.29, 0.717) is 6.54 Å². The van der Waals surface area contributed by atoms with Gasteiger partial charge in [0.1, 0.15) is 0 Å². The number of rotatable bonds is 3. The van der Waals surface area contributed by atoms with Crippen LogP contribution in [0.5, 0.6) is 0 Å². The Kier molecular flexibility index (Phi) is 3.01. The van der Waals surface area contributed by atoms with Crippen molar-refractivity contribution in [2.45, 2.75) is 37.8 Å². The van der Waals surface area contributed by atoms with E-state index in [1.54, 1.807) is 0 Å². The van der Waals surface area contributed by atoms with Crippen molar-refractivity contribution in [1.29, 1.82) is 0 Å². The van der Waals surface area contributed by atoms with Crippen molar-refractivity contribution in [2.24, 2.45) is 12.8 Å². The molecule has 1 fully saturated rings. The lowest BCUT2D eigenvalue weighted by Crippen LogP contribution is -2.51. The fraction of sp³-hybridized carbons (Fsp3) is 0.583. The molecule has 4 heteroatoms. The van der Waals surface area contributed by atoms with Crippen LogP contribution in [-0.2, 0) is 18.4 Å². The molecule has 3 N–H and O–H groups in total. The summed E-state index contributed by atoms with van der Waals surface area (Å²) in [6, 6.07) is 3.97. The highest BCUT2D eigenvalue weighted by Crippen LogP contribution is 2.27. The van der Waals surface area contributed by atoms with Gasteiger partial charge in [-0.05, 0) is 25.0 Å². The van der Waals surface area contributed by atoms with Crippen molar-refractivity contribution >= 4 is 5.91 Å². The molecule has 0 radical (unpaired) electrons. The maximum absolute atomic E-state index is 11.9. The van der Waals surface area contributed by atoms with Crippen LogP contribution in [0.3, 0.4) is 0 Å². The van der Waals surface area contributed by atoms with Gasteiger partial charge in [0, 0.05) is 18.9 Å². The Morgan fingerprint density at radius 3 is 2.81 bits per heavy atom. The van der Waals surface area contributed by atoms with Crippen LogP contribution in [0.1, 0.15) is 31.4 Å². The summed E-state index contributed by atoms with van der Waals surface area (Å²) in [7, 11) is 1.97. The Labute approximate surface area is 95.8 Å². The molecule has 0 aromatic carbocycles. The number of aromatic nitrogens is 1. The van der Waals surface area contributed by atoms with Gasteiger partial charge < -0.3 is 15.6 Å². The van der Waals surface area contributed by atoms with E-state index < -0.39 is 5.54 Å². The predicted molar refractivity (Wildman–Crippen MR) is 62.6 cm³/mol. The quantitative estimate of drug-likeness (QED) is 0.797. The fourth-order valence-corrected chi connectivity index (χ4v) is 2.26. The lowest BCUT2D eigenvalue weighted by molar-refractivity contribution is -0.126. The van der Waals surface area contributed by atoms with Gasteiger partial charge in [0.05, 0.1) is 12.1 Å². The summed E-state index contributed by atoms with van der Waals surface area (Å²) in [5.74, 6) is -0.00815. The van der Waals surface area contributed by atoms with E-state index in [1.165, 1.54) is 0 Å². The molecular formula is C12H19N3O. The molecule has 1 aromatic heterocycles. The molecule has 1 aliphatic rings. The third-order valence-electron chi connectivity index (χ3n) is 3.43. The zero-order valence-electron chi connectivity index (χ0n) is 9.70. The maximum atomic E-state index is 11.9. The van der Waals surface area contributed by atoms with Crippen LogP contribution >= 0.6 is 0 Å². The van der Waals surface area contributed by atoms with E-state index in [0.717, 1.165) is 31.4 Å². The monoisotopic (exact) mass is 221 g/mol. The maximum Gasteiger partial charge on any atom is 0.240 e. The Balaban J connectivity index is 1.91. The van der Waals surface area contributed by atoms with Crippen molar-refractivity contribution in [1.82, 2.24) is 9.88 Å². The molecule has 16 heavy (non-hydrogen) atoms. The molecule has 88 valence electrons. The minimum absolute atomic E-state index is 0.00815. The van der Waals surface area contributed by atoms with E-state index in [2.05, 4.69) is 5.32 Å². The Morgan fingerprint density at radius 1 is 1.56 bits per heavy atom. The smallest absolute Gasteiger partial charge is 0.240 e. The largest absolute Gasteiger partial charge is 0.353 e. The lowest BCUT2D eigenvalue weighted by atomic mass is 9.98. The molecule has 2 rings (SSSR count). The van der Waals surface area contributed by atoms with Crippen molar-refractivity contribution in [2.75, 3.05) is 0 Å². The summed E-state index contributed by atoms with van der Waals surface area (Å²) >= 11 is 0. The second-order valence-corrected chi connectivity index (χ2v) is 4.66. The number of nitrogens with one attached hydrogen (secondary N) is 1. The SMILES string of the molecule is Cn1cccc1CNC(=O)C1(N)CCCC1. The van der Waals surface area contributed by atoms with Crippen LogP contribution < -0.4 is 11.1 Å². The summed E-state index contributed by atoms with van der Waals surface area (Å²) < 4.78 is 2.00. The third kappa shape index (κ3) is 2.11. The first kappa shape index (κ1) is 11.2. The molecule has 1 aromatic rings. The predicted octanol–water partition coefficient (Wildman–Crippen LogP) is 0.913. The first-order valence-electron chi connectivity index (χ1n) is 5.79. The van der Waals surface area contributed by atoms with Gasteiger partial charge >= 0.3 is 0 Å². The molecule has 1 aliphatic carbocycles. The number of nitrogens with zero attached hydrogens (tertiary/aromatic N) is 1. The minimum atomic E-state index is -0.620. The first-order chi connectivity index (χ1) is 7.62. The number of amides is 1. The van der Waals surface area contributed by atoms with Gasteiger partial charge in [-0.3, -0.25) is 4.79 Å². The average molecular weight is 221 g/mol. The van der Waals surface area contributed by atoms with Gasteiger partial charge in [-0.15, -0.1) is 0 Å². The van der Waals surface area contributed by atoms with E-state index >= 15 is 0 Å². The Bertz CT molecular complexity index is 377. The second kappa shape index (κ2) is 4.29. The third-order valence-corrected chi connectivity index (χ3v) is 3.43. The highest BCUT2D eigenvalue weighted by atomic mass is 16.2. The summed E-state index contributed by atoms with van der Waals surface area (Å²) in [6.45, 7) is 0.557. The second-order valence-electron chi connectivity index (χ2n) is 4.66. The summed E-state index contributed by atoms with van der Waals surface area (Å²) in [5, 5.41) is 2.92. The molecule has 0 unspecified atom stereocenters. The van der Waals surface area contributed by atoms with E-state index in [1.807, 2.05) is 29.9 Å². The van der Waals surface area contributed by atoms with Crippen LogP contribution in [-0.4, -0.2) is 16.0 Å². The van der Waals surface area contributed by atoms with Gasteiger partial charge in [-0.25, -0.2) is 0 Å². The molecule has 0 aliphatic heterocycles.